The highest BCUT2D eigenvalue weighted by atomic mass is 16.5. The number of carbonyl (C=O) groups excluding carboxylic acids is 2. The molecule has 2 amide bonds. The average molecular weight is 671 g/mol. The van der Waals surface area contributed by atoms with Crippen LogP contribution in [0.2, 0.25) is 0 Å². The van der Waals surface area contributed by atoms with Gasteiger partial charge in [-0.05, 0) is 62.1 Å². The monoisotopic (exact) mass is 670 g/mol. The van der Waals surface area contributed by atoms with Crippen LogP contribution in [0.3, 0.4) is 0 Å². The molecule has 2 aromatic carbocycles. The number of ether oxygens (including phenoxy) is 2. The van der Waals surface area contributed by atoms with E-state index in [0.29, 0.717) is 36.2 Å². The lowest BCUT2D eigenvalue weighted by molar-refractivity contribution is -0.133. The van der Waals surface area contributed by atoms with Gasteiger partial charge >= 0.3 is 0 Å². The van der Waals surface area contributed by atoms with Crippen molar-refractivity contribution in [3.05, 3.63) is 72.5 Å². The number of allylic oxidation sites excluding steroid dienone is 1. The number of nitrogens with zero attached hydrogens (tertiary/aromatic N) is 3. The van der Waals surface area contributed by atoms with Crippen LogP contribution in [0.25, 0.3) is 5.47 Å². The third-order valence-electron chi connectivity index (χ3n) is 9.39. The van der Waals surface area contributed by atoms with Crippen LogP contribution in [0, 0.1) is 0 Å². The molecule has 0 aliphatic carbocycles. The van der Waals surface area contributed by atoms with Crippen LogP contribution in [-0.2, 0) is 14.3 Å². The number of phenols is 1. The van der Waals surface area contributed by atoms with Crippen molar-refractivity contribution in [3.63, 3.8) is 0 Å². The summed E-state index contributed by atoms with van der Waals surface area (Å²) in [7, 11) is 6.18. The number of para-hydroxylation sites is 1. The van der Waals surface area contributed by atoms with Gasteiger partial charge in [-0.25, -0.2) is 0 Å². The first kappa shape index (κ1) is 37.9. The Hall–Kier alpha value is -3.92. The quantitative estimate of drug-likeness (QED) is 0.0769. The minimum absolute atomic E-state index is 0.00514. The van der Waals surface area contributed by atoms with E-state index in [9.17, 15) is 14.7 Å². The summed E-state index contributed by atoms with van der Waals surface area (Å²) in [5, 5.41) is 10.1. The van der Waals surface area contributed by atoms with Crippen LogP contribution in [0.1, 0.15) is 82.6 Å². The van der Waals surface area contributed by atoms with Crippen molar-refractivity contribution in [2.24, 2.45) is 5.73 Å². The van der Waals surface area contributed by atoms with Crippen molar-refractivity contribution in [2.75, 3.05) is 57.3 Å². The molecule has 2 heterocycles. The fourth-order valence-electron chi connectivity index (χ4n) is 6.55. The molecule has 2 saturated heterocycles. The van der Waals surface area contributed by atoms with E-state index < -0.39 is 0 Å². The van der Waals surface area contributed by atoms with Gasteiger partial charge in [0.1, 0.15) is 37.8 Å². The van der Waals surface area contributed by atoms with Gasteiger partial charge in [-0.1, -0.05) is 68.8 Å². The second kappa shape index (κ2) is 20.6. The van der Waals surface area contributed by atoms with E-state index in [1.54, 1.807) is 24.3 Å². The lowest BCUT2D eigenvalue weighted by Gasteiger charge is -2.35. The highest BCUT2D eigenvalue weighted by Crippen LogP contribution is 2.27. The Bertz CT molecular complexity index is 1360. The molecule has 2 aromatic rings. The molecule has 264 valence electrons. The number of unbranched alkanes of at least 4 members (excludes halogenated alkanes) is 7. The molecule has 2 radical (unpaired) electrons. The Kier molecular flexibility index (Phi) is 15.9. The number of rotatable bonds is 20. The summed E-state index contributed by atoms with van der Waals surface area (Å²) in [6.07, 6.45) is 13.5. The van der Waals surface area contributed by atoms with E-state index in [4.69, 9.17) is 23.1 Å². The van der Waals surface area contributed by atoms with E-state index in [1.165, 1.54) is 19.3 Å². The van der Waals surface area contributed by atoms with Crippen LogP contribution < -0.4 is 15.4 Å². The van der Waals surface area contributed by atoms with Crippen molar-refractivity contribution in [3.8, 4) is 11.5 Å². The molecule has 49 heavy (non-hydrogen) atoms. The largest absolute Gasteiger partial charge is 0.507 e. The molecule has 3 N–H and O–H groups in total. The molecule has 0 aromatic heterocycles. The number of phenolic OH excluding ortho intramolecular Hbond substituents is 1. The molecule has 1 unspecified atom stereocenters. The van der Waals surface area contributed by atoms with Crippen molar-refractivity contribution in [2.45, 2.75) is 83.2 Å². The number of hydrogen-bond donors (Lipinski definition) is 2. The van der Waals surface area contributed by atoms with Gasteiger partial charge < -0.3 is 30.1 Å². The molecule has 0 saturated carbocycles. The summed E-state index contributed by atoms with van der Waals surface area (Å²) in [6, 6.07) is 15.2. The van der Waals surface area contributed by atoms with E-state index in [0.717, 1.165) is 102 Å². The number of piperazine rings is 1. The molecule has 4 rings (SSSR count). The summed E-state index contributed by atoms with van der Waals surface area (Å²) in [6.45, 7) is 10.5. The predicted octanol–water partition coefficient (Wildman–Crippen LogP) is 6.01. The maximum absolute atomic E-state index is 12.7. The Balaban J connectivity index is 1.06. The number of carbonyl (C=O) groups is 2. The molecule has 1 atom stereocenters. The second-order valence-corrected chi connectivity index (χ2v) is 13.3. The Labute approximate surface area is 294 Å². The number of nitrogens with two attached hydrogens (primary N) is 1. The van der Waals surface area contributed by atoms with Crippen molar-refractivity contribution in [1.82, 2.24) is 9.80 Å². The van der Waals surface area contributed by atoms with Gasteiger partial charge in [-0.3, -0.25) is 14.5 Å². The normalized spacial score (nSPS) is 17.1. The number of aromatic hydroxyl groups is 1. The highest BCUT2D eigenvalue weighted by molar-refractivity contribution is 6.42. The maximum Gasteiger partial charge on any atom is 0.222 e. The zero-order chi connectivity index (χ0) is 34.8. The maximum atomic E-state index is 12.7. The van der Waals surface area contributed by atoms with Crippen LogP contribution in [0.15, 0.2) is 66.9 Å². The Morgan fingerprint density at radius 1 is 0.898 bits per heavy atom. The number of benzene rings is 2. The third kappa shape index (κ3) is 13.5. The molecule has 2 fully saturated rings. The van der Waals surface area contributed by atoms with Crippen LogP contribution in [0.5, 0.6) is 11.5 Å². The van der Waals surface area contributed by atoms with Crippen molar-refractivity contribution < 1.29 is 24.2 Å². The Morgan fingerprint density at radius 2 is 1.55 bits per heavy atom. The van der Waals surface area contributed by atoms with E-state index in [-0.39, 0.29) is 23.7 Å². The van der Waals surface area contributed by atoms with Gasteiger partial charge in [0.25, 0.3) is 0 Å². The number of hydrogen-bond acceptors (Lipinski definition) is 7. The van der Waals surface area contributed by atoms with Gasteiger partial charge in [0, 0.05) is 63.4 Å². The fourth-order valence-corrected chi connectivity index (χ4v) is 6.55. The average Bonchev–Trinajstić information content (AvgIpc) is 3.09. The van der Waals surface area contributed by atoms with Crippen LogP contribution in [0.4, 0.5) is 5.69 Å². The fraction of sp³-hybridized carbons (Fsp3) is 0.538. The molecule has 0 spiro atoms. The minimum Gasteiger partial charge on any atom is -0.507 e. The van der Waals surface area contributed by atoms with Crippen molar-refractivity contribution in [1.29, 1.82) is 0 Å². The van der Waals surface area contributed by atoms with E-state index >= 15 is 0 Å². The predicted molar refractivity (Wildman–Crippen MR) is 198 cm³/mol. The van der Waals surface area contributed by atoms with E-state index in [2.05, 4.69) is 28.5 Å². The summed E-state index contributed by atoms with van der Waals surface area (Å²) in [5.74, 6) is 1.53. The van der Waals surface area contributed by atoms with Crippen LogP contribution in [-0.4, -0.2) is 93.1 Å². The number of anilines is 1. The lowest BCUT2D eigenvalue weighted by Crippen LogP contribution is -2.49. The summed E-state index contributed by atoms with van der Waals surface area (Å²) < 4.78 is 12.2. The molecule has 10 heteroatoms. The first-order chi connectivity index (χ1) is 23.8. The van der Waals surface area contributed by atoms with Gasteiger partial charge in [0.05, 0.1) is 6.54 Å². The first-order valence-corrected chi connectivity index (χ1v) is 18.2. The molecular formula is C39H55BN4O5. The van der Waals surface area contributed by atoms with Gasteiger partial charge in [0.2, 0.25) is 11.8 Å². The minimum atomic E-state index is -0.207. The zero-order valence-corrected chi connectivity index (χ0v) is 29.2. The SMILES string of the molecule is [B]/C(=C\C(=C)OC1CCCN(c2ccc(OCCN3CCN(C(=O)CCCCCCCCCCC(N)=O)CC3)cc2)C1)c1ccccc1O. The van der Waals surface area contributed by atoms with Gasteiger partial charge in [0.15, 0.2) is 0 Å². The van der Waals surface area contributed by atoms with Crippen molar-refractivity contribution >= 4 is 30.8 Å². The highest BCUT2D eigenvalue weighted by Gasteiger charge is 2.23. The number of primary amides is 1. The zero-order valence-electron chi connectivity index (χ0n) is 29.2. The van der Waals surface area contributed by atoms with E-state index in [1.807, 2.05) is 23.1 Å². The third-order valence-corrected chi connectivity index (χ3v) is 9.39. The topological polar surface area (TPSA) is 109 Å². The Morgan fingerprint density at radius 3 is 2.22 bits per heavy atom. The number of piperidine rings is 1. The van der Waals surface area contributed by atoms with Gasteiger partial charge in [-0.2, -0.15) is 0 Å². The first-order valence-electron chi connectivity index (χ1n) is 18.2. The standard InChI is InChI=1S/C39H55BN4O5/c1-31(29-36(40)35-14-10-11-15-37(35)45)49-34-13-12-22-44(30-34)32-18-20-33(21-19-32)48-28-27-42-23-25-43(26-24-42)39(47)17-9-7-5-3-2-4-6-8-16-38(41)46/h10-11,14-15,18-21,29,34,45H,1-9,12-13,16-17,22-28,30H2,(H2,41,46)/b36-29-. The molecule has 2 aliphatic heterocycles. The molecule has 0 bridgehead atoms. The lowest BCUT2D eigenvalue weighted by atomic mass is 9.87. The molecular weight excluding hydrogens is 615 g/mol. The summed E-state index contributed by atoms with van der Waals surface area (Å²) in [4.78, 5) is 30.2. The smallest absolute Gasteiger partial charge is 0.222 e. The molecule has 9 nitrogen and oxygen atoms in total. The summed E-state index contributed by atoms with van der Waals surface area (Å²) in [5.41, 5.74) is 7.28. The number of amides is 2. The second-order valence-electron chi connectivity index (χ2n) is 13.3. The van der Waals surface area contributed by atoms with Crippen LogP contribution >= 0.6 is 0 Å². The van der Waals surface area contributed by atoms with Gasteiger partial charge in [-0.15, -0.1) is 0 Å². The summed E-state index contributed by atoms with van der Waals surface area (Å²) >= 11 is 0. The molecule has 2 aliphatic rings.